The molecule has 1 heterocycles. The average molecular weight is 358 g/mol. The van der Waals surface area contributed by atoms with Gasteiger partial charge in [-0.25, -0.2) is 14.2 Å². The summed E-state index contributed by atoms with van der Waals surface area (Å²) in [6.45, 7) is 0. The summed E-state index contributed by atoms with van der Waals surface area (Å²) in [5.74, 6) is 0.240. The topological polar surface area (TPSA) is 48.4 Å². The highest BCUT2D eigenvalue weighted by Gasteiger charge is 2.11. The molecule has 3 rings (SSSR count). The third-order valence-corrected chi connectivity index (χ3v) is 3.60. The fourth-order valence-electron chi connectivity index (χ4n) is 2.19. The molecule has 3 aromatic rings. The maximum Gasteiger partial charge on any atom is 0.356 e. The molecule has 1 aromatic heterocycles. The first-order valence-electron chi connectivity index (χ1n) is 7.35. The van der Waals surface area contributed by atoms with Gasteiger partial charge in [0.25, 0.3) is 0 Å². The molecule has 0 atom stereocenters. The molecule has 0 fully saturated rings. The number of methoxy groups -OCH3 is 1. The van der Waals surface area contributed by atoms with Crippen molar-refractivity contribution >= 4 is 17.6 Å². The minimum absolute atomic E-state index is 0.136. The van der Waals surface area contributed by atoms with Gasteiger partial charge in [-0.15, -0.1) is 0 Å². The summed E-state index contributed by atoms with van der Waals surface area (Å²) in [5, 5.41) is 0.386. The summed E-state index contributed by atoms with van der Waals surface area (Å²) in [5.41, 5.74) is 1.44. The molecule has 4 nitrogen and oxygen atoms in total. The normalized spacial score (nSPS) is 10.4. The van der Waals surface area contributed by atoms with Crippen molar-refractivity contribution in [3.8, 4) is 22.8 Å². The van der Waals surface area contributed by atoms with E-state index in [4.69, 9.17) is 16.3 Å². The lowest BCUT2D eigenvalue weighted by atomic mass is 10.1. The maximum atomic E-state index is 12.9. The fraction of sp³-hybridized carbons (Fsp3) is 0.0526. The zero-order valence-electron chi connectivity index (χ0n) is 13.2. The third-order valence-electron chi connectivity index (χ3n) is 3.38. The molecule has 0 saturated carbocycles. The molecule has 0 amide bonds. The molecular weight excluding hydrogens is 345 g/mol. The van der Waals surface area contributed by atoms with Crippen LogP contribution in [0.25, 0.3) is 11.3 Å². The Kier molecular flexibility index (Phi) is 4.95. The maximum absolute atomic E-state index is 12.9. The minimum atomic E-state index is -0.556. The Morgan fingerprint density at radius 1 is 1.00 bits per heavy atom. The molecule has 0 saturated heterocycles. The first kappa shape index (κ1) is 16.9. The highest BCUT2D eigenvalue weighted by atomic mass is 35.5. The van der Waals surface area contributed by atoms with Gasteiger partial charge < -0.3 is 9.47 Å². The van der Waals surface area contributed by atoms with Crippen LogP contribution < -0.4 is 4.74 Å². The van der Waals surface area contributed by atoms with Gasteiger partial charge in [-0.05, 0) is 60.7 Å². The van der Waals surface area contributed by atoms with E-state index in [9.17, 15) is 9.18 Å². The summed E-state index contributed by atoms with van der Waals surface area (Å²) in [6.07, 6.45) is 0. The van der Waals surface area contributed by atoms with E-state index < -0.39 is 5.97 Å². The Labute approximate surface area is 148 Å². The van der Waals surface area contributed by atoms with Crippen LogP contribution in [0.15, 0.2) is 60.7 Å². The van der Waals surface area contributed by atoms with Crippen molar-refractivity contribution in [2.45, 2.75) is 0 Å². The van der Waals surface area contributed by atoms with Crippen molar-refractivity contribution < 1.29 is 18.7 Å². The van der Waals surface area contributed by atoms with Crippen LogP contribution in [-0.2, 0) is 4.74 Å². The number of ether oxygens (including phenoxy) is 2. The zero-order valence-corrected chi connectivity index (χ0v) is 14.0. The van der Waals surface area contributed by atoms with Gasteiger partial charge >= 0.3 is 5.97 Å². The van der Waals surface area contributed by atoms with Gasteiger partial charge in [-0.2, -0.15) is 0 Å². The van der Waals surface area contributed by atoms with Crippen molar-refractivity contribution in [2.24, 2.45) is 0 Å². The Hall–Kier alpha value is -2.92. The lowest BCUT2D eigenvalue weighted by Gasteiger charge is -2.08. The SMILES string of the molecule is COC(=O)c1cc(Cl)cc(-c2ccc(Oc3ccc(F)cc3)cc2)n1. The van der Waals surface area contributed by atoms with E-state index in [0.717, 1.165) is 5.56 Å². The van der Waals surface area contributed by atoms with Gasteiger partial charge in [-0.3, -0.25) is 0 Å². The van der Waals surface area contributed by atoms with Crippen molar-refractivity contribution in [2.75, 3.05) is 7.11 Å². The van der Waals surface area contributed by atoms with Crippen molar-refractivity contribution in [3.63, 3.8) is 0 Å². The molecule has 0 radical (unpaired) electrons. The van der Waals surface area contributed by atoms with E-state index in [0.29, 0.717) is 22.2 Å². The lowest BCUT2D eigenvalue weighted by Crippen LogP contribution is -2.04. The van der Waals surface area contributed by atoms with Crippen LogP contribution in [0.3, 0.4) is 0 Å². The molecule has 0 aliphatic heterocycles. The summed E-state index contributed by atoms with van der Waals surface area (Å²) in [7, 11) is 1.28. The van der Waals surface area contributed by atoms with E-state index in [1.165, 1.54) is 25.3 Å². The summed E-state index contributed by atoms with van der Waals surface area (Å²) < 4.78 is 23.2. The summed E-state index contributed by atoms with van der Waals surface area (Å²) >= 11 is 6.05. The first-order chi connectivity index (χ1) is 12.0. The van der Waals surface area contributed by atoms with E-state index in [-0.39, 0.29) is 11.5 Å². The van der Waals surface area contributed by atoms with Crippen LogP contribution in [0.4, 0.5) is 4.39 Å². The Morgan fingerprint density at radius 3 is 2.20 bits per heavy atom. The fourth-order valence-corrected chi connectivity index (χ4v) is 2.39. The molecule has 25 heavy (non-hydrogen) atoms. The van der Waals surface area contributed by atoms with Crippen molar-refractivity contribution in [1.82, 2.24) is 4.98 Å². The van der Waals surface area contributed by atoms with Crippen molar-refractivity contribution in [3.05, 3.63) is 77.2 Å². The highest BCUT2D eigenvalue weighted by Crippen LogP contribution is 2.27. The van der Waals surface area contributed by atoms with Crippen LogP contribution in [0.1, 0.15) is 10.5 Å². The van der Waals surface area contributed by atoms with Crippen LogP contribution in [0.5, 0.6) is 11.5 Å². The van der Waals surface area contributed by atoms with Gasteiger partial charge in [0, 0.05) is 10.6 Å². The Balaban J connectivity index is 1.83. The highest BCUT2D eigenvalue weighted by molar-refractivity contribution is 6.31. The number of pyridine rings is 1. The second kappa shape index (κ2) is 7.32. The van der Waals surface area contributed by atoms with Crippen molar-refractivity contribution in [1.29, 1.82) is 0 Å². The Morgan fingerprint density at radius 2 is 1.60 bits per heavy atom. The van der Waals surface area contributed by atoms with E-state index in [2.05, 4.69) is 9.72 Å². The van der Waals surface area contributed by atoms with Gasteiger partial charge in [0.15, 0.2) is 5.69 Å². The molecule has 126 valence electrons. The average Bonchev–Trinajstić information content (AvgIpc) is 2.63. The minimum Gasteiger partial charge on any atom is -0.464 e. The van der Waals surface area contributed by atoms with Crippen LogP contribution in [0.2, 0.25) is 5.02 Å². The molecule has 0 N–H and O–H groups in total. The summed E-state index contributed by atoms with van der Waals surface area (Å²) in [6, 6.07) is 15.9. The van der Waals surface area contributed by atoms with E-state index in [1.54, 1.807) is 42.5 Å². The number of halogens is 2. The van der Waals surface area contributed by atoms with Crippen LogP contribution in [0, 0.1) is 5.82 Å². The number of nitrogens with zero attached hydrogens (tertiary/aromatic N) is 1. The van der Waals surface area contributed by atoms with Gasteiger partial charge in [0.1, 0.15) is 17.3 Å². The number of carbonyl (C=O) groups excluding carboxylic acids is 1. The van der Waals surface area contributed by atoms with Crippen LogP contribution >= 0.6 is 11.6 Å². The van der Waals surface area contributed by atoms with Crippen LogP contribution in [-0.4, -0.2) is 18.1 Å². The van der Waals surface area contributed by atoms with E-state index in [1.807, 2.05) is 0 Å². The molecule has 0 aliphatic rings. The molecular formula is C19H13ClFNO3. The lowest BCUT2D eigenvalue weighted by molar-refractivity contribution is 0.0594. The number of carbonyl (C=O) groups is 1. The second-order valence-electron chi connectivity index (χ2n) is 5.13. The number of benzene rings is 2. The number of esters is 1. The third kappa shape index (κ3) is 4.14. The van der Waals surface area contributed by atoms with Gasteiger partial charge in [0.2, 0.25) is 0 Å². The smallest absolute Gasteiger partial charge is 0.356 e. The number of aromatic nitrogens is 1. The van der Waals surface area contributed by atoms with E-state index >= 15 is 0 Å². The molecule has 0 bridgehead atoms. The number of hydrogen-bond acceptors (Lipinski definition) is 4. The van der Waals surface area contributed by atoms with Gasteiger partial charge in [0.05, 0.1) is 12.8 Å². The first-order valence-corrected chi connectivity index (χ1v) is 7.73. The van der Waals surface area contributed by atoms with Gasteiger partial charge in [-0.1, -0.05) is 11.6 Å². The molecule has 2 aromatic carbocycles. The predicted molar refractivity (Wildman–Crippen MR) is 92.5 cm³/mol. The standard InChI is InChI=1S/C19H13ClFNO3/c1-24-19(23)18-11-13(20)10-17(22-18)12-2-6-15(7-3-12)25-16-8-4-14(21)5-9-16/h2-11H,1H3. The molecule has 0 unspecified atom stereocenters. The monoisotopic (exact) mass is 357 g/mol. The Bertz CT molecular complexity index is 896. The molecule has 0 aliphatic carbocycles. The molecule has 6 heteroatoms. The molecule has 0 spiro atoms. The summed E-state index contributed by atoms with van der Waals surface area (Å²) in [4.78, 5) is 15.9. The number of hydrogen-bond donors (Lipinski definition) is 0. The largest absolute Gasteiger partial charge is 0.464 e. The zero-order chi connectivity index (χ0) is 17.8. The predicted octanol–water partition coefficient (Wildman–Crippen LogP) is 5.12. The quantitative estimate of drug-likeness (QED) is 0.608. The second-order valence-corrected chi connectivity index (χ2v) is 5.56. The number of rotatable bonds is 4.